The van der Waals surface area contributed by atoms with E-state index < -0.39 is 28.2 Å². The van der Waals surface area contributed by atoms with E-state index in [0.29, 0.717) is 13.2 Å². The van der Waals surface area contributed by atoms with Gasteiger partial charge in [-0.2, -0.15) is 8.42 Å². The molecule has 2 heterocycles. The maximum absolute atomic E-state index is 12.5. The lowest BCUT2D eigenvalue weighted by Gasteiger charge is -2.32. The van der Waals surface area contributed by atoms with Gasteiger partial charge in [0.15, 0.2) is 5.75 Å². The number of hydrogen-bond acceptors (Lipinski definition) is 6. The molecule has 1 aromatic rings. The second-order valence-electron chi connectivity index (χ2n) is 4.14. The van der Waals surface area contributed by atoms with Gasteiger partial charge in [0.2, 0.25) is 0 Å². The third-order valence-electron chi connectivity index (χ3n) is 2.74. The van der Waals surface area contributed by atoms with Gasteiger partial charge in [-0.25, -0.2) is 0 Å². The van der Waals surface area contributed by atoms with E-state index in [-0.39, 0.29) is 12.2 Å². The Hall–Kier alpha value is -2.18. The summed E-state index contributed by atoms with van der Waals surface area (Å²) < 4.78 is 42.5. The Bertz CT molecular complexity index is 685. The Morgan fingerprint density at radius 1 is 1.57 bits per heavy atom. The first-order valence-electron chi connectivity index (χ1n) is 5.84. The first kappa shape index (κ1) is 15.2. The number of morpholine rings is 1. The van der Waals surface area contributed by atoms with Gasteiger partial charge < -0.3 is 13.8 Å². The topological polar surface area (TPSA) is 85.8 Å². The van der Waals surface area contributed by atoms with Gasteiger partial charge in [0.05, 0.1) is 25.0 Å². The first-order chi connectivity index (χ1) is 9.90. The summed E-state index contributed by atoms with van der Waals surface area (Å²) in [4.78, 5) is 17.4. The zero-order valence-corrected chi connectivity index (χ0v) is 11.5. The van der Waals surface area contributed by atoms with Crippen molar-refractivity contribution in [2.75, 3.05) is 19.8 Å². The summed E-state index contributed by atoms with van der Waals surface area (Å²) in [7, 11) is -5.18. The highest BCUT2D eigenvalue weighted by atomic mass is 32.3. The second-order valence-corrected chi connectivity index (χ2v) is 5.09. The molecule has 1 aromatic heterocycles. The molecule has 0 spiro atoms. The highest BCUT2D eigenvalue weighted by Crippen LogP contribution is 2.17. The van der Waals surface area contributed by atoms with Gasteiger partial charge in [-0.1, -0.05) is 9.81 Å². The molecule has 1 unspecified atom stereocenters. The van der Waals surface area contributed by atoms with E-state index in [1.807, 2.05) is 0 Å². The fourth-order valence-corrected chi connectivity index (χ4v) is 2.17. The summed E-state index contributed by atoms with van der Waals surface area (Å²) in [5.41, 5.74) is 0.0401. The van der Waals surface area contributed by atoms with Crippen LogP contribution < -0.4 is 4.18 Å². The summed E-state index contributed by atoms with van der Waals surface area (Å²) >= 11 is 0. The molecule has 2 rings (SSSR count). The number of terminal acetylenes is 1. The van der Waals surface area contributed by atoms with E-state index in [0.717, 1.165) is 12.3 Å². The van der Waals surface area contributed by atoms with Crippen LogP contribution in [0.15, 0.2) is 18.5 Å². The van der Waals surface area contributed by atoms with Crippen LogP contribution in [0.4, 0.5) is 3.89 Å². The number of halogens is 1. The zero-order chi connectivity index (χ0) is 15.5. The number of nitrogens with zero attached hydrogens (tertiary/aromatic N) is 2. The normalized spacial score (nSPS) is 18.9. The van der Waals surface area contributed by atoms with Gasteiger partial charge in [-0.3, -0.25) is 9.78 Å². The predicted octanol–water partition coefficient (Wildman–Crippen LogP) is 0.149. The summed E-state index contributed by atoms with van der Waals surface area (Å²) in [6.45, 7) is 0.845. The van der Waals surface area contributed by atoms with Crippen molar-refractivity contribution in [2.45, 2.75) is 6.04 Å². The highest BCUT2D eigenvalue weighted by Gasteiger charge is 2.27. The van der Waals surface area contributed by atoms with E-state index in [9.17, 15) is 17.1 Å². The highest BCUT2D eigenvalue weighted by molar-refractivity contribution is 7.81. The molecule has 112 valence electrons. The molecule has 0 aliphatic carbocycles. The lowest BCUT2D eigenvalue weighted by molar-refractivity contribution is 0.0137. The third-order valence-corrected chi connectivity index (χ3v) is 3.13. The molecule has 1 amide bonds. The average Bonchev–Trinajstić information content (AvgIpc) is 2.45. The van der Waals surface area contributed by atoms with Crippen molar-refractivity contribution in [3.8, 4) is 18.1 Å². The average molecular weight is 314 g/mol. The Kier molecular flexibility index (Phi) is 4.40. The van der Waals surface area contributed by atoms with Gasteiger partial charge in [-0.05, 0) is 6.07 Å². The maximum Gasteiger partial charge on any atom is 0.488 e. The minimum Gasteiger partial charge on any atom is -0.376 e. The smallest absolute Gasteiger partial charge is 0.376 e. The predicted molar refractivity (Wildman–Crippen MR) is 69.4 cm³/mol. The van der Waals surface area contributed by atoms with Crippen molar-refractivity contribution in [1.82, 2.24) is 9.88 Å². The van der Waals surface area contributed by atoms with Crippen LogP contribution in [0.2, 0.25) is 0 Å². The molecule has 7 nitrogen and oxygen atoms in total. The van der Waals surface area contributed by atoms with Crippen molar-refractivity contribution in [3.63, 3.8) is 0 Å². The lowest BCUT2D eigenvalue weighted by atomic mass is 10.2. The van der Waals surface area contributed by atoms with Gasteiger partial charge in [-0.15, -0.1) is 6.42 Å². The lowest BCUT2D eigenvalue weighted by Crippen LogP contribution is -2.48. The Morgan fingerprint density at radius 2 is 2.33 bits per heavy atom. The number of rotatable bonds is 3. The molecule has 1 atom stereocenters. The quantitative estimate of drug-likeness (QED) is 0.583. The Balaban J connectivity index is 2.23. The molecule has 1 fully saturated rings. The second kappa shape index (κ2) is 6.07. The summed E-state index contributed by atoms with van der Waals surface area (Å²) in [6.07, 6.45) is 7.52. The van der Waals surface area contributed by atoms with Gasteiger partial charge in [0, 0.05) is 12.7 Å². The molecule has 0 radical (unpaired) electrons. The largest absolute Gasteiger partial charge is 0.488 e. The summed E-state index contributed by atoms with van der Waals surface area (Å²) in [5, 5.41) is 0. The molecule has 0 bridgehead atoms. The fourth-order valence-electron chi connectivity index (χ4n) is 1.85. The molecular weight excluding hydrogens is 303 g/mol. The van der Waals surface area contributed by atoms with Crippen molar-refractivity contribution in [1.29, 1.82) is 0 Å². The van der Waals surface area contributed by atoms with Crippen molar-refractivity contribution in [2.24, 2.45) is 0 Å². The molecule has 0 aromatic carbocycles. The van der Waals surface area contributed by atoms with Gasteiger partial charge in [0.1, 0.15) is 6.04 Å². The number of ether oxygens (including phenoxy) is 1. The number of aromatic nitrogens is 1. The van der Waals surface area contributed by atoms with E-state index in [1.165, 1.54) is 11.1 Å². The summed E-state index contributed by atoms with van der Waals surface area (Å²) in [5.74, 6) is 1.57. The summed E-state index contributed by atoms with van der Waals surface area (Å²) in [6, 6.07) is 0.552. The zero-order valence-electron chi connectivity index (χ0n) is 10.7. The van der Waals surface area contributed by atoms with Crippen molar-refractivity contribution >= 4 is 16.4 Å². The van der Waals surface area contributed by atoms with Gasteiger partial charge >= 0.3 is 10.5 Å². The monoisotopic (exact) mass is 314 g/mol. The van der Waals surface area contributed by atoms with Crippen molar-refractivity contribution < 1.29 is 26.0 Å². The van der Waals surface area contributed by atoms with E-state index in [4.69, 9.17) is 11.2 Å². The molecule has 9 heteroatoms. The molecule has 1 aliphatic heterocycles. The maximum atomic E-state index is 12.5. The van der Waals surface area contributed by atoms with E-state index in [1.54, 1.807) is 0 Å². The van der Waals surface area contributed by atoms with Crippen LogP contribution in [0.25, 0.3) is 0 Å². The molecule has 0 N–H and O–H groups in total. The van der Waals surface area contributed by atoms with Crippen LogP contribution in [0.3, 0.4) is 0 Å². The minimum atomic E-state index is -5.18. The fraction of sp³-hybridized carbons (Fsp3) is 0.333. The molecular formula is C12H11FN2O5S. The van der Waals surface area contributed by atoms with Crippen LogP contribution >= 0.6 is 0 Å². The molecule has 1 aliphatic rings. The number of pyridine rings is 1. The molecule has 1 saturated heterocycles. The van der Waals surface area contributed by atoms with Crippen LogP contribution in [0.5, 0.6) is 5.75 Å². The number of carbonyl (C=O) groups is 1. The van der Waals surface area contributed by atoms with Crippen LogP contribution in [-0.4, -0.2) is 50.0 Å². The third kappa shape index (κ3) is 3.90. The van der Waals surface area contributed by atoms with E-state index in [2.05, 4.69) is 15.1 Å². The molecule has 0 saturated carbocycles. The van der Waals surface area contributed by atoms with E-state index >= 15 is 0 Å². The van der Waals surface area contributed by atoms with Crippen LogP contribution in [-0.2, 0) is 15.2 Å². The first-order valence-corrected chi connectivity index (χ1v) is 7.15. The van der Waals surface area contributed by atoms with Crippen LogP contribution in [0.1, 0.15) is 10.4 Å². The van der Waals surface area contributed by atoms with Gasteiger partial charge in [0.25, 0.3) is 5.91 Å². The number of carbonyl (C=O) groups excluding carboxylic acids is 1. The standard InChI is InChI=1S/C12H11FN2O5S/c1-2-10-8-19-4-3-15(10)12(16)9-5-11(7-14-6-9)20-21(13,17)18/h1,5-7,10H,3-4,8H2. The molecule has 21 heavy (non-hydrogen) atoms. The SMILES string of the molecule is C#CC1COCCN1C(=O)c1cncc(OS(=O)(=O)F)c1. The minimum absolute atomic E-state index is 0.0401. The number of hydrogen-bond donors (Lipinski definition) is 0. The Labute approximate surface area is 121 Å². The number of amides is 1. The Morgan fingerprint density at radius 3 is 3.00 bits per heavy atom. The van der Waals surface area contributed by atoms with Crippen LogP contribution in [0, 0.1) is 12.3 Å². The van der Waals surface area contributed by atoms with Crippen molar-refractivity contribution in [3.05, 3.63) is 24.0 Å².